The molecule has 0 aliphatic carbocycles. The molecule has 1 fully saturated rings. The molecule has 1 N–H and O–H groups in total. The van der Waals surface area contributed by atoms with E-state index in [4.69, 9.17) is 9.26 Å². The van der Waals surface area contributed by atoms with Crippen molar-refractivity contribution in [1.82, 2.24) is 25.2 Å². The number of likely N-dealkylation sites (tertiary alicyclic amines) is 1. The van der Waals surface area contributed by atoms with Crippen molar-refractivity contribution in [3.63, 3.8) is 0 Å². The summed E-state index contributed by atoms with van der Waals surface area (Å²) in [6.07, 6.45) is 0.719. The van der Waals surface area contributed by atoms with Gasteiger partial charge in [0.1, 0.15) is 11.9 Å². The van der Waals surface area contributed by atoms with Crippen LogP contribution in [-0.2, 0) is 0 Å². The molecule has 1 unspecified atom stereocenters. The van der Waals surface area contributed by atoms with E-state index in [0.717, 1.165) is 28.6 Å². The molecule has 158 valence electrons. The first kappa shape index (κ1) is 19.3. The number of nitrogens with one attached hydrogen (secondary N) is 1. The molecule has 4 aromatic rings. The number of rotatable bonds is 5. The van der Waals surface area contributed by atoms with Crippen LogP contribution in [0.25, 0.3) is 22.3 Å². The Balaban J connectivity index is 1.23. The number of fused-ring (bicyclic) bond motifs is 1. The van der Waals surface area contributed by atoms with Crippen molar-refractivity contribution in [3.05, 3.63) is 60.1 Å². The van der Waals surface area contributed by atoms with Crippen molar-refractivity contribution in [3.8, 4) is 17.1 Å². The lowest BCUT2D eigenvalue weighted by atomic mass is 10.2. The number of amides is 1. The van der Waals surface area contributed by atoms with Crippen molar-refractivity contribution >= 4 is 16.8 Å². The zero-order valence-electron chi connectivity index (χ0n) is 17.4. The largest absolute Gasteiger partial charge is 0.489 e. The Kier molecular flexibility index (Phi) is 4.89. The lowest BCUT2D eigenvalue weighted by Crippen LogP contribution is -2.31. The molecule has 0 spiro atoms. The topological polar surface area (TPSA) is 97.1 Å². The van der Waals surface area contributed by atoms with Crippen LogP contribution in [0.4, 0.5) is 0 Å². The summed E-state index contributed by atoms with van der Waals surface area (Å²) in [5, 5.41) is 12.0. The fourth-order valence-corrected chi connectivity index (χ4v) is 3.75. The fourth-order valence-electron chi connectivity index (χ4n) is 3.75. The Labute approximate surface area is 179 Å². The Morgan fingerprint density at radius 1 is 1.19 bits per heavy atom. The highest BCUT2D eigenvalue weighted by molar-refractivity contribution is 6.04. The summed E-state index contributed by atoms with van der Waals surface area (Å²) in [4.78, 5) is 19.2. The standard InChI is InChI=1S/C23H23N5O3/c1-14(2)22-24-21(27-31-22)15-7-9-16(10-8-15)30-17-11-12-28(13-17)23(29)20-18-5-3-4-6-19(18)25-26-20/h3-10,14,17H,11-13H2,1-2H3,(H,25,26). The fraction of sp³-hybridized carbons (Fsp3) is 0.304. The number of aromatic amines is 1. The second-order valence-corrected chi connectivity index (χ2v) is 8.03. The SMILES string of the molecule is CC(C)c1nc(-c2ccc(OC3CCN(C(=O)c4n[nH]c5ccccc45)C3)cc2)no1. The number of H-pyrrole nitrogens is 1. The van der Waals surface area contributed by atoms with Crippen LogP contribution in [0.3, 0.4) is 0 Å². The van der Waals surface area contributed by atoms with Gasteiger partial charge in [0, 0.05) is 29.8 Å². The maximum Gasteiger partial charge on any atom is 0.275 e. The molecule has 1 amide bonds. The number of carbonyl (C=O) groups is 1. The van der Waals surface area contributed by atoms with E-state index in [1.165, 1.54) is 0 Å². The molecule has 8 nitrogen and oxygen atoms in total. The van der Waals surface area contributed by atoms with Crippen LogP contribution in [0, 0.1) is 0 Å². The van der Waals surface area contributed by atoms with Gasteiger partial charge in [-0.15, -0.1) is 0 Å². The quantitative estimate of drug-likeness (QED) is 0.527. The third kappa shape index (κ3) is 3.76. The van der Waals surface area contributed by atoms with Crippen molar-refractivity contribution in [2.75, 3.05) is 13.1 Å². The minimum atomic E-state index is -0.0723. The van der Waals surface area contributed by atoms with E-state index in [9.17, 15) is 4.79 Å². The smallest absolute Gasteiger partial charge is 0.275 e. The van der Waals surface area contributed by atoms with Crippen LogP contribution in [0.2, 0.25) is 0 Å². The van der Waals surface area contributed by atoms with Gasteiger partial charge in [-0.05, 0) is 30.3 Å². The van der Waals surface area contributed by atoms with Crippen molar-refractivity contribution in [2.45, 2.75) is 32.3 Å². The number of carbonyl (C=O) groups excluding carboxylic acids is 1. The molecule has 31 heavy (non-hydrogen) atoms. The van der Waals surface area contributed by atoms with E-state index in [1.807, 2.05) is 62.4 Å². The second kappa shape index (κ2) is 7.86. The summed E-state index contributed by atoms with van der Waals surface area (Å²) in [6, 6.07) is 15.3. The molecule has 0 saturated carbocycles. The molecule has 8 heteroatoms. The van der Waals surface area contributed by atoms with Crippen LogP contribution in [0.15, 0.2) is 53.1 Å². The van der Waals surface area contributed by atoms with E-state index in [0.29, 0.717) is 30.5 Å². The van der Waals surface area contributed by atoms with Gasteiger partial charge in [0.15, 0.2) is 5.69 Å². The van der Waals surface area contributed by atoms with Gasteiger partial charge >= 0.3 is 0 Å². The van der Waals surface area contributed by atoms with Gasteiger partial charge in [-0.25, -0.2) is 0 Å². The lowest BCUT2D eigenvalue weighted by molar-refractivity contribution is 0.0768. The Bertz CT molecular complexity index is 1210. The lowest BCUT2D eigenvalue weighted by Gasteiger charge is -2.16. The molecule has 5 rings (SSSR count). The van der Waals surface area contributed by atoms with E-state index in [-0.39, 0.29) is 17.9 Å². The summed E-state index contributed by atoms with van der Waals surface area (Å²) in [6.45, 7) is 5.20. The van der Waals surface area contributed by atoms with Gasteiger partial charge in [-0.3, -0.25) is 9.89 Å². The summed E-state index contributed by atoms with van der Waals surface area (Å²) < 4.78 is 11.4. The maximum absolute atomic E-state index is 12.9. The van der Waals surface area contributed by atoms with Crippen molar-refractivity contribution < 1.29 is 14.1 Å². The molecular formula is C23H23N5O3. The molecule has 2 aromatic heterocycles. The van der Waals surface area contributed by atoms with E-state index in [1.54, 1.807) is 4.90 Å². The molecule has 0 bridgehead atoms. The molecule has 2 aromatic carbocycles. The molecule has 1 aliphatic rings. The van der Waals surface area contributed by atoms with Gasteiger partial charge in [0.2, 0.25) is 11.7 Å². The van der Waals surface area contributed by atoms with E-state index >= 15 is 0 Å². The van der Waals surface area contributed by atoms with E-state index in [2.05, 4.69) is 20.3 Å². The normalized spacial score (nSPS) is 16.4. The van der Waals surface area contributed by atoms with Crippen LogP contribution < -0.4 is 4.74 Å². The Morgan fingerprint density at radius 3 is 2.77 bits per heavy atom. The zero-order valence-corrected chi connectivity index (χ0v) is 17.4. The average Bonchev–Trinajstić information content (AvgIpc) is 3.53. The number of ether oxygens (including phenoxy) is 1. The first-order chi connectivity index (χ1) is 15.1. The first-order valence-corrected chi connectivity index (χ1v) is 10.4. The van der Waals surface area contributed by atoms with Gasteiger partial charge in [0.05, 0.1) is 12.1 Å². The number of hydrogen-bond donors (Lipinski definition) is 1. The summed E-state index contributed by atoms with van der Waals surface area (Å²) in [5.74, 6) is 2.06. The molecule has 3 heterocycles. The van der Waals surface area contributed by atoms with Crippen LogP contribution in [0.5, 0.6) is 5.75 Å². The number of aromatic nitrogens is 4. The number of benzene rings is 2. The van der Waals surface area contributed by atoms with Crippen molar-refractivity contribution in [1.29, 1.82) is 0 Å². The maximum atomic E-state index is 12.9. The summed E-state index contributed by atoms with van der Waals surface area (Å²) in [7, 11) is 0. The third-order valence-corrected chi connectivity index (χ3v) is 5.46. The Hall–Kier alpha value is -3.68. The van der Waals surface area contributed by atoms with E-state index < -0.39 is 0 Å². The van der Waals surface area contributed by atoms with Crippen LogP contribution >= 0.6 is 0 Å². The third-order valence-electron chi connectivity index (χ3n) is 5.46. The molecule has 1 saturated heterocycles. The number of para-hydroxylation sites is 1. The summed E-state index contributed by atoms with van der Waals surface area (Å²) >= 11 is 0. The minimum absolute atomic E-state index is 0.0577. The highest BCUT2D eigenvalue weighted by atomic mass is 16.5. The van der Waals surface area contributed by atoms with Crippen LogP contribution in [0.1, 0.15) is 42.6 Å². The molecule has 1 atom stereocenters. The molecular weight excluding hydrogens is 394 g/mol. The highest BCUT2D eigenvalue weighted by Gasteiger charge is 2.30. The molecule has 0 radical (unpaired) electrons. The zero-order chi connectivity index (χ0) is 21.4. The first-order valence-electron chi connectivity index (χ1n) is 10.4. The number of nitrogens with zero attached hydrogens (tertiary/aromatic N) is 4. The van der Waals surface area contributed by atoms with Crippen LogP contribution in [-0.4, -0.2) is 50.3 Å². The Morgan fingerprint density at radius 2 is 2.00 bits per heavy atom. The average molecular weight is 417 g/mol. The predicted octanol–water partition coefficient (Wildman–Crippen LogP) is 4.03. The second-order valence-electron chi connectivity index (χ2n) is 8.03. The number of hydrogen-bond acceptors (Lipinski definition) is 6. The van der Waals surface area contributed by atoms with Gasteiger partial charge in [0.25, 0.3) is 5.91 Å². The van der Waals surface area contributed by atoms with Crippen molar-refractivity contribution in [2.24, 2.45) is 0 Å². The van der Waals surface area contributed by atoms with Gasteiger partial charge in [-0.1, -0.05) is 37.2 Å². The minimum Gasteiger partial charge on any atom is -0.489 e. The van der Waals surface area contributed by atoms with Gasteiger partial charge < -0.3 is 14.2 Å². The summed E-state index contributed by atoms with van der Waals surface area (Å²) in [5.41, 5.74) is 2.19. The molecule has 1 aliphatic heterocycles. The predicted molar refractivity (Wildman–Crippen MR) is 115 cm³/mol. The highest BCUT2D eigenvalue weighted by Crippen LogP contribution is 2.25. The monoisotopic (exact) mass is 417 g/mol. The van der Waals surface area contributed by atoms with Gasteiger partial charge in [-0.2, -0.15) is 10.1 Å².